The Morgan fingerprint density at radius 2 is 1.96 bits per heavy atom. The lowest BCUT2D eigenvalue weighted by atomic mass is 10.0. The summed E-state index contributed by atoms with van der Waals surface area (Å²) in [7, 11) is 0. The maximum absolute atomic E-state index is 10.9. The molecular weight excluding hydrogens is 328 g/mol. The van der Waals surface area contributed by atoms with E-state index in [-0.39, 0.29) is 6.42 Å². The first-order valence-electron chi connectivity index (χ1n) is 8.84. The Balaban J connectivity index is 2.15. The SMILES string of the molecule is CCc1nc2c(C)cc(C)nc2n1-c1ccc(CCC(=O)O)c(CN)c1. The summed E-state index contributed by atoms with van der Waals surface area (Å²) in [6.07, 6.45) is 1.36. The predicted molar refractivity (Wildman–Crippen MR) is 102 cm³/mol. The normalized spacial score (nSPS) is 11.2. The third-order valence-corrected chi connectivity index (χ3v) is 4.60. The smallest absolute Gasteiger partial charge is 0.303 e. The maximum atomic E-state index is 10.9. The van der Waals surface area contributed by atoms with Crippen LogP contribution in [0.15, 0.2) is 24.3 Å². The molecule has 0 unspecified atom stereocenters. The lowest BCUT2D eigenvalue weighted by Crippen LogP contribution is -2.08. The van der Waals surface area contributed by atoms with E-state index in [1.54, 1.807) is 0 Å². The largest absolute Gasteiger partial charge is 0.481 e. The molecule has 26 heavy (non-hydrogen) atoms. The van der Waals surface area contributed by atoms with Crippen LogP contribution in [0.4, 0.5) is 0 Å². The van der Waals surface area contributed by atoms with Crippen LogP contribution in [-0.4, -0.2) is 25.6 Å². The predicted octanol–water partition coefficient (Wildman–Crippen LogP) is 3.08. The second-order valence-electron chi connectivity index (χ2n) is 6.52. The molecule has 0 spiro atoms. The Morgan fingerprint density at radius 1 is 1.19 bits per heavy atom. The molecule has 3 rings (SSSR count). The van der Waals surface area contributed by atoms with E-state index in [4.69, 9.17) is 20.8 Å². The summed E-state index contributed by atoms with van der Waals surface area (Å²) in [5.41, 5.74) is 12.6. The Bertz CT molecular complexity index is 976. The summed E-state index contributed by atoms with van der Waals surface area (Å²) in [6.45, 7) is 6.47. The van der Waals surface area contributed by atoms with Gasteiger partial charge in [-0.3, -0.25) is 9.36 Å². The number of aliphatic carboxylic acids is 1. The molecule has 0 saturated carbocycles. The standard InChI is InChI=1S/C20H24N4O2/c1-4-17-23-19-12(2)9-13(3)22-20(19)24(17)16-7-5-14(6-8-18(25)26)15(10-16)11-21/h5,7,9-10H,4,6,8,11,21H2,1-3H3,(H,25,26). The molecule has 0 amide bonds. The van der Waals surface area contributed by atoms with Gasteiger partial charge in [-0.25, -0.2) is 9.97 Å². The van der Waals surface area contributed by atoms with Crippen molar-refractivity contribution in [3.8, 4) is 5.69 Å². The number of aryl methyl sites for hydroxylation is 4. The molecule has 0 saturated heterocycles. The van der Waals surface area contributed by atoms with Crippen LogP contribution in [0, 0.1) is 13.8 Å². The molecule has 0 fully saturated rings. The highest BCUT2D eigenvalue weighted by Crippen LogP contribution is 2.25. The van der Waals surface area contributed by atoms with Gasteiger partial charge in [0.15, 0.2) is 5.65 Å². The number of carboxylic acids is 1. The second-order valence-corrected chi connectivity index (χ2v) is 6.52. The Labute approximate surface area is 152 Å². The van der Waals surface area contributed by atoms with Gasteiger partial charge in [0.25, 0.3) is 0 Å². The minimum Gasteiger partial charge on any atom is -0.481 e. The minimum absolute atomic E-state index is 0.0977. The molecule has 6 nitrogen and oxygen atoms in total. The molecule has 3 aromatic rings. The van der Waals surface area contributed by atoms with Crippen molar-refractivity contribution in [1.82, 2.24) is 14.5 Å². The van der Waals surface area contributed by atoms with E-state index in [0.29, 0.717) is 13.0 Å². The molecule has 0 radical (unpaired) electrons. The second kappa shape index (κ2) is 7.25. The van der Waals surface area contributed by atoms with Crippen molar-refractivity contribution < 1.29 is 9.90 Å². The molecule has 3 N–H and O–H groups in total. The number of nitrogens with zero attached hydrogens (tertiary/aromatic N) is 3. The molecule has 1 aromatic carbocycles. The van der Waals surface area contributed by atoms with E-state index in [1.165, 1.54) is 0 Å². The van der Waals surface area contributed by atoms with Crippen LogP contribution in [-0.2, 0) is 24.2 Å². The first kappa shape index (κ1) is 18.1. The van der Waals surface area contributed by atoms with Gasteiger partial charge < -0.3 is 10.8 Å². The summed E-state index contributed by atoms with van der Waals surface area (Å²) >= 11 is 0. The van der Waals surface area contributed by atoms with Gasteiger partial charge >= 0.3 is 5.97 Å². The monoisotopic (exact) mass is 352 g/mol. The van der Waals surface area contributed by atoms with Crippen LogP contribution < -0.4 is 5.73 Å². The van der Waals surface area contributed by atoms with Gasteiger partial charge in [0.05, 0.1) is 0 Å². The van der Waals surface area contributed by atoms with Gasteiger partial charge in [-0.05, 0) is 55.2 Å². The first-order valence-corrected chi connectivity index (χ1v) is 8.84. The van der Waals surface area contributed by atoms with Crippen molar-refractivity contribution in [3.63, 3.8) is 0 Å². The van der Waals surface area contributed by atoms with Crippen molar-refractivity contribution in [3.05, 3.63) is 52.5 Å². The summed E-state index contributed by atoms with van der Waals surface area (Å²) in [6, 6.07) is 8.03. The number of imidazole rings is 1. The molecule has 0 aliphatic carbocycles. The molecule has 0 aliphatic heterocycles. The number of fused-ring (bicyclic) bond motifs is 1. The lowest BCUT2D eigenvalue weighted by molar-refractivity contribution is -0.136. The number of carboxylic acid groups (broad SMARTS) is 1. The molecule has 0 aliphatic rings. The number of aromatic nitrogens is 3. The fourth-order valence-electron chi connectivity index (χ4n) is 3.34. The van der Waals surface area contributed by atoms with E-state index in [9.17, 15) is 4.79 Å². The van der Waals surface area contributed by atoms with E-state index >= 15 is 0 Å². The summed E-state index contributed by atoms with van der Waals surface area (Å²) < 4.78 is 2.08. The number of pyridine rings is 1. The first-order chi connectivity index (χ1) is 12.4. The van der Waals surface area contributed by atoms with Crippen molar-refractivity contribution in [2.24, 2.45) is 5.73 Å². The third kappa shape index (κ3) is 3.32. The van der Waals surface area contributed by atoms with Crippen LogP contribution in [0.25, 0.3) is 16.9 Å². The lowest BCUT2D eigenvalue weighted by Gasteiger charge is -2.13. The fourth-order valence-corrected chi connectivity index (χ4v) is 3.34. The van der Waals surface area contributed by atoms with Gasteiger partial charge in [0.1, 0.15) is 11.3 Å². The minimum atomic E-state index is -0.805. The molecule has 0 bridgehead atoms. The van der Waals surface area contributed by atoms with Gasteiger partial charge in [-0.1, -0.05) is 13.0 Å². The van der Waals surface area contributed by atoms with Gasteiger partial charge in [-0.15, -0.1) is 0 Å². The van der Waals surface area contributed by atoms with Gasteiger partial charge in [-0.2, -0.15) is 0 Å². The number of hydrogen-bond acceptors (Lipinski definition) is 4. The quantitative estimate of drug-likeness (QED) is 0.711. The fraction of sp³-hybridized carbons (Fsp3) is 0.350. The highest BCUT2D eigenvalue weighted by molar-refractivity contribution is 5.78. The van der Waals surface area contributed by atoms with Crippen LogP contribution in [0.3, 0.4) is 0 Å². The van der Waals surface area contributed by atoms with Crippen molar-refractivity contribution in [1.29, 1.82) is 0 Å². The molecule has 136 valence electrons. The Hall–Kier alpha value is -2.73. The van der Waals surface area contributed by atoms with Gasteiger partial charge in [0, 0.05) is 30.8 Å². The van der Waals surface area contributed by atoms with E-state index in [1.807, 2.05) is 38.1 Å². The topological polar surface area (TPSA) is 94.0 Å². The number of nitrogens with two attached hydrogens (primary N) is 1. The summed E-state index contributed by atoms with van der Waals surface area (Å²) in [4.78, 5) is 20.4. The van der Waals surface area contributed by atoms with Gasteiger partial charge in [0.2, 0.25) is 0 Å². The molecular formula is C20H24N4O2. The average molecular weight is 352 g/mol. The average Bonchev–Trinajstić information content (AvgIpc) is 2.98. The molecule has 2 aromatic heterocycles. The number of benzene rings is 1. The van der Waals surface area contributed by atoms with Crippen molar-refractivity contribution >= 4 is 17.1 Å². The van der Waals surface area contributed by atoms with Crippen LogP contribution in [0.1, 0.15) is 41.6 Å². The van der Waals surface area contributed by atoms with E-state index in [2.05, 4.69) is 11.5 Å². The van der Waals surface area contributed by atoms with Crippen molar-refractivity contribution in [2.75, 3.05) is 0 Å². The third-order valence-electron chi connectivity index (χ3n) is 4.60. The zero-order valence-corrected chi connectivity index (χ0v) is 15.4. The van der Waals surface area contributed by atoms with Crippen molar-refractivity contribution in [2.45, 2.75) is 46.6 Å². The summed E-state index contributed by atoms with van der Waals surface area (Å²) in [5, 5.41) is 8.93. The number of carbonyl (C=O) groups is 1. The zero-order chi connectivity index (χ0) is 18.8. The Kier molecular flexibility index (Phi) is 5.04. The zero-order valence-electron chi connectivity index (χ0n) is 15.4. The van der Waals surface area contributed by atoms with Crippen LogP contribution in [0.2, 0.25) is 0 Å². The highest BCUT2D eigenvalue weighted by atomic mass is 16.4. The Morgan fingerprint density at radius 3 is 2.62 bits per heavy atom. The van der Waals surface area contributed by atoms with E-state index in [0.717, 1.165) is 51.5 Å². The number of rotatable bonds is 6. The van der Waals surface area contributed by atoms with E-state index < -0.39 is 5.97 Å². The summed E-state index contributed by atoms with van der Waals surface area (Å²) in [5.74, 6) is 0.142. The molecule has 6 heteroatoms. The molecule has 0 atom stereocenters. The van der Waals surface area contributed by atoms with Crippen LogP contribution >= 0.6 is 0 Å². The maximum Gasteiger partial charge on any atom is 0.303 e. The highest BCUT2D eigenvalue weighted by Gasteiger charge is 2.16. The number of hydrogen-bond donors (Lipinski definition) is 2. The van der Waals surface area contributed by atoms with Crippen LogP contribution in [0.5, 0.6) is 0 Å². The molecule has 2 heterocycles.